The first-order valence-corrected chi connectivity index (χ1v) is 10.6. The molecule has 0 aromatic carbocycles. The van der Waals surface area contributed by atoms with Crippen molar-refractivity contribution >= 4 is 32.2 Å². The molecule has 1 unspecified atom stereocenters. The molecule has 1 atom stereocenters. The van der Waals surface area contributed by atoms with Crippen LogP contribution in [0.2, 0.25) is 0 Å². The van der Waals surface area contributed by atoms with Gasteiger partial charge in [0.2, 0.25) is 0 Å². The molecule has 0 heterocycles. The van der Waals surface area contributed by atoms with E-state index in [1.54, 1.807) is 0 Å². The average molecular weight is 568 g/mol. The summed E-state index contributed by atoms with van der Waals surface area (Å²) in [5.41, 5.74) is 0. The molecule has 0 aromatic rings. The van der Waals surface area contributed by atoms with Gasteiger partial charge in [-0.2, -0.15) is 0 Å². The van der Waals surface area contributed by atoms with Crippen molar-refractivity contribution in [1.29, 1.82) is 0 Å². The molecule has 0 saturated heterocycles. The second kappa shape index (κ2) is 23.3. The predicted octanol–water partition coefficient (Wildman–Crippen LogP) is 4.76. The molecule has 0 aliphatic heterocycles. The number of carbonyl (C=O) groups excluding carboxylic acids is 1. The van der Waals surface area contributed by atoms with Crippen molar-refractivity contribution in [3.63, 3.8) is 0 Å². The molecule has 26 heavy (non-hydrogen) atoms. The third-order valence-corrected chi connectivity index (χ3v) is 4.63. The van der Waals surface area contributed by atoms with Crippen LogP contribution in [-0.2, 0) is 9.53 Å². The molecule has 0 rings (SSSR count). The maximum absolute atomic E-state index is 11.4. The maximum Gasteiger partial charge on any atom is 0.305 e. The summed E-state index contributed by atoms with van der Waals surface area (Å²) in [7, 11) is 0. The van der Waals surface area contributed by atoms with E-state index < -0.39 is 6.10 Å². The van der Waals surface area contributed by atoms with Gasteiger partial charge in [0.15, 0.2) is 0 Å². The molecule has 0 aliphatic carbocycles. The summed E-state index contributed by atoms with van der Waals surface area (Å²) < 4.78 is 4.86. The van der Waals surface area contributed by atoms with Gasteiger partial charge >= 0.3 is 5.97 Å². The topological polar surface area (TPSA) is 66.8 Å². The van der Waals surface area contributed by atoms with E-state index >= 15 is 0 Å². The molecular formula is C21H42BiO4. The van der Waals surface area contributed by atoms with Crippen molar-refractivity contribution in [2.75, 3.05) is 13.2 Å². The van der Waals surface area contributed by atoms with Crippen LogP contribution < -0.4 is 0 Å². The number of aliphatic hydroxyl groups excluding tert-OH is 2. The van der Waals surface area contributed by atoms with Gasteiger partial charge in [0.05, 0.1) is 6.61 Å². The van der Waals surface area contributed by atoms with E-state index in [-0.39, 0.29) is 45.4 Å². The molecule has 0 amide bonds. The fourth-order valence-electron chi connectivity index (χ4n) is 2.95. The molecule has 155 valence electrons. The summed E-state index contributed by atoms with van der Waals surface area (Å²) in [6.07, 6.45) is 19.0. The van der Waals surface area contributed by atoms with E-state index in [1.807, 2.05) is 0 Å². The minimum Gasteiger partial charge on any atom is -0.463 e. The van der Waals surface area contributed by atoms with Gasteiger partial charge in [-0.25, -0.2) is 0 Å². The van der Waals surface area contributed by atoms with Crippen molar-refractivity contribution in [2.24, 2.45) is 0 Å². The first-order valence-electron chi connectivity index (χ1n) is 10.6. The Bertz CT molecular complexity index is 287. The Labute approximate surface area is 180 Å². The molecular weight excluding hydrogens is 525 g/mol. The molecule has 0 bridgehead atoms. The Morgan fingerprint density at radius 1 is 0.769 bits per heavy atom. The summed E-state index contributed by atoms with van der Waals surface area (Å²) in [6.45, 7) is 1.79. The first kappa shape index (κ1) is 28.5. The summed E-state index contributed by atoms with van der Waals surface area (Å²) in [4.78, 5) is 11.4. The van der Waals surface area contributed by atoms with Crippen LogP contribution in [0.4, 0.5) is 0 Å². The van der Waals surface area contributed by atoms with Gasteiger partial charge in [-0.3, -0.25) is 4.79 Å². The van der Waals surface area contributed by atoms with Crippen LogP contribution in [-0.4, -0.2) is 61.7 Å². The zero-order chi connectivity index (χ0) is 18.6. The standard InChI is InChI=1S/C21H42O4.Bi/c1-2-3-4-5-6-7-8-9-10-11-12-13-14-15-16-17-21(24)25-19-20(23)18-22;/h20,22-23H,2-19H2,1H3;. The molecule has 2 N–H and O–H groups in total. The van der Waals surface area contributed by atoms with Gasteiger partial charge in [-0.1, -0.05) is 96.8 Å². The maximum atomic E-state index is 11.4. The SMILES string of the molecule is CCCCCCCCCCCCCCCCCC(=O)OCC(O)CO.[Bi]. The number of ether oxygens (including phenoxy) is 1. The zero-order valence-corrected chi connectivity index (χ0v) is 20.4. The van der Waals surface area contributed by atoms with Crippen molar-refractivity contribution in [3.05, 3.63) is 0 Å². The van der Waals surface area contributed by atoms with Gasteiger partial charge in [-0.15, -0.1) is 0 Å². The number of hydrogen-bond donors (Lipinski definition) is 2. The predicted molar refractivity (Wildman–Crippen MR) is 109 cm³/mol. The Morgan fingerprint density at radius 3 is 1.54 bits per heavy atom. The zero-order valence-electron chi connectivity index (χ0n) is 17.0. The van der Waals surface area contributed by atoms with Crippen molar-refractivity contribution in [3.8, 4) is 0 Å². The van der Waals surface area contributed by atoms with Crippen LogP contribution in [0.15, 0.2) is 0 Å². The first-order chi connectivity index (χ1) is 12.2. The summed E-state index contributed by atoms with van der Waals surface area (Å²) in [5, 5.41) is 17.7. The van der Waals surface area contributed by atoms with Crippen molar-refractivity contribution in [2.45, 2.75) is 116 Å². The fourth-order valence-corrected chi connectivity index (χ4v) is 2.95. The number of hydrogen-bond acceptors (Lipinski definition) is 4. The number of rotatable bonds is 19. The smallest absolute Gasteiger partial charge is 0.305 e. The number of esters is 1. The van der Waals surface area contributed by atoms with Crippen LogP contribution in [0, 0.1) is 0 Å². The van der Waals surface area contributed by atoms with Crippen LogP contribution in [0.25, 0.3) is 0 Å². The van der Waals surface area contributed by atoms with Crippen molar-refractivity contribution < 1.29 is 19.7 Å². The fraction of sp³-hybridized carbons (Fsp3) is 0.952. The summed E-state index contributed by atoms with van der Waals surface area (Å²) in [6, 6.07) is 0. The number of unbranched alkanes of at least 4 members (excludes halogenated alkanes) is 14. The second-order valence-electron chi connectivity index (χ2n) is 7.22. The van der Waals surface area contributed by atoms with Crippen molar-refractivity contribution in [1.82, 2.24) is 0 Å². The molecule has 4 nitrogen and oxygen atoms in total. The van der Waals surface area contributed by atoms with E-state index in [0.717, 1.165) is 12.8 Å². The minimum absolute atomic E-state index is 0. The molecule has 0 saturated carbocycles. The van der Waals surface area contributed by atoms with E-state index in [1.165, 1.54) is 83.5 Å². The summed E-state index contributed by atoms with van der Waals surface area (Å²) in [5.74, 6) is -0.276. The average Bonchev–Trinajstić information content (AvgIpc) is 2.62. The number of carbonyl (C=O) groups is 1. The Morgan fingerprint density at radius 2 is 1.15 bits per heavy atom. The van der Waals surface area contributed by atoms with Gasteiger partial charge in [0, 0.05) is 32.6 Å². The van der Waals surface area contributed by atoms with Gasteiger partial charge in [0.25, 0.3) is 0 Å². The summed E-state index contributed by atoms with van der Waals surface area (Å²) >= 11 is 0. The third kappa shape index (κ3) is 22.3. The molecule has 3 radical (unpaired) electrons. The molecule has 0 aromatic heterocycles. The van der Waals surface area contributed by atoms with Gasteiger partial charge in [-0.05, 0) is 6.42 Å². The van der Waals surface area contributed by atoms with Crippen LogP contribution in [0.3, 0.4) is 0 Å². The van der Waals surface area contributed by atoms with E-state index in [0.29, 0.717) is 6.42 Å². The normalized spacial score (nSPS) is 11.8. The monoisotopic (exact) mass is 567 g/mol. The largest absolute Gasteiger partial charge is 0.463 e. The van der Waals surface area contributed by atoms with E-state index in [2.05, 4.69) is 6.92 Å². The van der Waals surface area contributed by atoms with Crippen LogP contribution in [0.5, 0.6) is 0 Å². The quantitative estimate of drug-likeness (QED) is 0.134. The molecule has 5 heteroatoms. The molecule has 0 spiro atoms. The minimum atomic E-state index is -0.954. The Hall–Kier alpha value is 0.273. The van der Waals surface area contributed by atoms with E-state index in [9.17, 15) is 4.79 Å². The molecule has 0 aliphatic rings. The van der Waals surface area contributed by atoms with E-state index in [4.69, 9.17) is 14.9 Å². The number of aliphatic hydroxyl groups is 2. The van der Waals surface area contributed by atoms with Crippen LogP contribution in [0.1, 0.15) is 110 Å². The van der Waals surface area contributed by atoms with Crippen LogP contribution >= 0.6 is 0 Å². The van der Waals surface area contributed by atoms with Gasteiger partial charge in [0.1, 0.15) is 12.7 Å². The second-order valence-corrected chi connectivity index (χ2v) is 7.22. The third-order valence-electron chi connectivity index (χ3n) is 4.63. The van der Waals surface area contributed by atoms with Gasteiger partial charge < -0.3 is 14.9 Å². The molecule has 0 fully saturated rings. The Kier molecular flexibility index (Phi) is 25.5. The Balaban J connectivity index is 0.